The van der Waals surface area contributed by atoms with Crippen LogP contribution in [0.3, 0.4) is 0 Å². The summed E-state index contributed by atoms with van der Waals surface area (Å²) in [6, 6.07) is 3.97. The number of halogens is 5. The summed E-state index contributed by atoms with van der Waals surface area (Å²) in [5.41, 5.74) is -3.01. The summed E-state index contributed by atoms with van der Waals surface area (Å²) in [7, 11) is 0. The number of nitrogens with zero attached hydrogens (tertiary/aromatic N) is 4. The SMILES string of the molecule is O=C(S)N(CC[C@](O)(Cn1cncn1)c1ccc(F)cc1F)c1ccc(F)c(F)c1F. The van der Waals surface area contributed by atoms with E-state index in [0.717, 1.165) is 18.2 Å². The molecule has 0 bridgehead atoms. The zero-order valence-corrected chi connectivity index (χ0v) is 16.5. The molecular weight excluding hydrogens is 443 g/mol. The van der Waals surface area contributed by atoms with Crippen LogP contribution in [0.25, 0.3) is 0 Å². The largest absolute Gasteiger partial charge is 0.383 e. The standard InChI is InChI=1S/C19H15F5N4O2S/c20-11-1-2-12(14(22)7-11)19(30,8-27-10-25-9-26-27)5-6-28(18(29)31)15-4-3-13(21)16(23)17(15)24/h1-4,7,9-10,30H,5-6,8H2,(H,29,31)/t19-/m0/s1. The molecule has 0 aliphatic heterocycles. The first kappa shape index (κ1) is 22.7. The molecule has 31 heavy (non-hydrogen) atoms. The molecule has 0 aliphatic rings. The quantitative estimate of drug-likeness (QED) is 0.321. The minimum atomic E-state index is -2.07. The fourth-order valence-corrected chi connectivity index (χ4v) is 3.30. The highest BCUT2D eigenvalue weighted by Gasteiger charge is 2.35. The first-order valence-electron chi connectivity index (χ1n) is 8.76. The number of benzene rings is 2. The lowest BCUT2D eigenvalue weighted by atomic mass is 9.89. The number of rotatable bonds is 7. The Morgan fingerprint density at radius 2 is 1.84 bits per heavy atom. The molecule has 0 aliphatic carbocycles. The van der Waals surface area contributed by atoms with Gasteiger partial charge >= 0.3 is 0 Å². The zero-order chi connectivity index (χ0) is 22.8. The molecule has 1 atom stereocenters. The Morgan fingerprint density at radius 3 is 2.45 bits per heavy atom. The Labute approximate surface area is 178 Å². The van der Waals surface area contributed by atoms with Crippen molar-refractivity contribution in [3.63, 3.8) is 0 Å². The van der Waals surface area contributed by atoms with Crippen molar-refractivity contribution < 1.29 is 31.9 Å². The van der Waals surface area contributed by atoms with Gasteiger partial charge in [0.2, 0.25) is 0 Å². The fourth-order valence-electron chi connectivity index (χ4n) is 3.09. The molecule has 164 valence electrons. The Kier molecular flexibility index (Phi) is 6.60. The Morgan fingerprint density at radius 1 is 1.10 bits per heavy atom. The van der Waals surface area contributed by atoms with Gasteiger partial charge in [-0.1, -0.05) is 18.7 Å². The van der Waals surface area contributed by atoms with E-state index in [9.17, 15) is 31.9 Å². The lowest BCUT2D eigenvalue weighted by Crippen LogP contribution is -2.39. The number of hydrogen-bond donors (Lipinski definition) is 2. The number of carbonyl (C=O) groups excluding carboxylic acids is 1. The number of anilines is 1. The monoisotopic (exact) mass is 458 g/mol. The second kappa shape index (κ2) is 9.02. The van der Waals surface area contributed by atoms with Crippen molar-refractivity contribution in [2.45, 2.75) is 18.6 Å². The molecule has 3 rings (SSSR count). The maximum atomic E-state index is 14.4. The third kappa shape index (κ3) is 4.85. The summed E-state index contributed by atoms with van der Waals surface area (Å²) in [4.78, 5) is 16.3. The van der Waals surface area contributed by atoms with Crippen LogP contribution in [-0.2, 0) is 12.1 Å². The number of thiol groups is 1. The summed E-state index contributed by atoms with van der Waals surface area (Å²) in [6.07, 6.45) is 1.98. The minimum absolute atomic E-state index is 0.318. The van der Waals surface area contributed by atoms with E-state index in [1.807, 2.05) is 0 Å². The van der Waals surface area contributed by atoms with Crippen molar-refractivity contribution in [1.29, 1.82) is 0 Å². The van der Waals surface area contributed by atoms with Crippen LogP contribution in [0.15, 0.2) is 43.0 Å². The Balaban J connectivity index is 1.96. The van der Waals surface area contributed by atoms with Crippen LogP contribution < -0.4 is 4.90 Å². The summed E-state index contributed by atoms with van der Waals surface area (Å²) >= 11 is 3.62. The molecule has 0 saturated heterocycles. The Bertz CT molecular complexity index is 1100. The molecule has 0 spiro atoms. The molecule has 1 amide bonds. The predicted molar refractivity (Wildman–Crippen MR) is 103 cm³/mol. The molecule has 3 aromatic rings. The van der Waals surface area contributed by atoms with E-state index in [1.165, 1.54) is 17.3 Å². The van der Waals surface area contributed by atoms with E-state index >= 15 is 0 Å². The Hall–Kier alpha value is -2.99. The number of aromatic nitrogens is 3. The van der Waals surface area contributed by atoms with Crippen LogP contribution >= 0.6 is 12.6 Å². The highest BCUT2D eigenvalue weighted by molar-refractivity contribution is 7.96. The molecule has 12 heteroatoms. The maximum Gasteiger partial charge on any atom is 0.283 e. The molecular formula is C19H15F5N4O2S. The molecule has 1 N–H and O–H groups in total. The van der Waals surface area contributed by atoms with E-state index in [-0.39, 0.29) is 12.1 Å². The first-order valence-corrected chi connectivity index (χ1v) is 9.21. The lowest BCUT2D eigenvalue weighted by molar-refractivity contribution is 0.00529. The fraction of sp³-hybridized carbons (Fsp3) is 0.211. The molecule has 0 unspecified atom stereocenters. The highest BCUT2D eigenvalue weighted by Crippen LogP contribution is 2.32. The second-order valence-corrected chi connectivity index (χ2v) is 7.01. The van der Waals surface area contributed by atoms with Crippen molar-refractivity contribution in [2.75, 3.05) is 11.4 Å². The van der Waals surface area contributed by atoms with Crippen LogP contribution in [0.4, 0.5) is 32.4 Å². The lowest BCUT2D eigenvalue weighted by Gasteiger charge is -2.31. The zero-order valence-electron chi connectivity index (χ0n) is 15.6. The molecule has 6 nitrogen and oxygen atoms in total. The van der Waals surface area contributed by atoms with Gasteiger partial charge in [-0.15, -0.1) is 0 Å². The van der Waals surface area contributed by atoms with Crippen LogP contribution in [0.2, 0.25) is 0 Å². The average molecular weight is 458 g/mol. The summed E-state index contributed by atoms with van der Waals surface area (Å²) < 4.78 is 70.0. The first-order chi connectivity index (χ1) is 14.6. The van der Waals surface area contributed by atoms with Crippen molar-refractivity contribution >= 4 is 23.6 Å². The van der Waals surface area contributed by atoms with Gasteiger partial charge in [0, 0.05) is 24.6 Å². The van der Waals surface area contributed by atoms with Gasteiger partial charge in [0.1, 0.15) is 29.9 Å². The van der Waals surface area contributed by atoms with Gasteiger partial charge in [-0.05, 0) is 18.2 Å². The van der Waals surface area contributed by atoms with E-state index in [0.29, 0.717) is 17.0 Å². The second-order valence-electron chi connectivity index (χ2n) is 6.63. The van der Waals surface area contributed by atoms with Gasteiger partial charge < -0.3 is 10.0 Å². The van der Waals surface area contributed by atoms with Gasteiger partial charge in [-0.3, -0.25) is 4.79 Å². The van der Waals surface area contributed by atoms with Crippen LogP contribution in [-0.4, -0.2) is 31.7 Å². The summed E-state index contributed by atoms with van der Waals surface area (Å²) in [5, 5.41) is 14.0. The number of amides is 1. The molecule has 1 heterocycles. The van der Waals surface area contributed by atoms with Crippen molar-refractivity contribution in [1.82, 2.24) is 14.8 Å². The third-order valence-electron chi connectivity index (χ3n) is 4.61. The van der Waals surface area contributed by atoms with Crippen LogP contribution in [0.1, 0.15) is 12.0 Å². The van der Waals surface area contributed by atoms with Gasteiger partial charge in [-0.25, -0.2) is 31.6 Å². The molecule has 0 radical (unpaired) electrons. The third-order valence-corrected chi connectivity index (χ3v) is 4.85. The number of aliphatic hydroxyl groups is 1. The van der Waals surface area contributed by atoms with Crippen LogP contribution in [0.5, 0.6) is 0 Å². The molecule has 2 aromatic carbocycles. The number of hydrogen-bond acceptors (Lipinski definition) is 4. The minimum Gasteiger partial charge on any atom is -0.383 e. The average Bonchev–Trinajstić information content (AvgIpc) is 3.20. The summed E-state index contributed by atoms with van der Waals surface area (Å²) in [5.74, 6) is -6.82. The predicted octanol–water partition coefficient (Wildman–Crippen LogP) is 3.81. The summed E-state index contributed by atoms with van der Waals surface area (Å²) in [6.45, 7) is -0.837. The van der Waals surface area contributed by atoms with Crippen LogP contribution in [0, 0.1) is 29.1 Å². The molecule has 1 aromatic heterocycles. The van der Waals surface area contributed by atoms with Gasteiger partial charge in [-0.2, -0.15) is 5.10 Å². The molecule has 0 fully saturated rings. The smallest absolute Gasteiger partial charge is 0.283 e. The van der Waals surface area contributed by atoms with E-state index in [4.69, 9.17) is 0 Å². The van der Waals surface area contributed by atoms with E-state index in [1.54, 1.807) is 0 Å². The van der Waals surface area contributed by atoms with E-state index < -0.39 is 58.6 Å². The van der Waals surface area contributed by atoms with Crippen molar-refractivity contribution in [3.8, 4) is 0 Å². The van der Waals surface area contributed by atoms with Crippen molar-refractivity contribution in [3.05, 3.63) is 77.6 Å². The topological polar surface area (TPSA) is 71.2 Å². The highest BCUT2D eigenvalue weighted by atomic mass is 32.1. The normalized spacial score (nSPS) is 13.1. The van der Waals surface area contributed by atoms with E-state index in [2.05, 4.69) is 22.7 Å². The van der Waals surface area contributed by atoms with Gasteiger partial charge in [0.25, 0.3) is 5.24 Å². The van der Waals surface area contributed by atoms with Gasteiger partial charge in [0.15, 0.2) is 17.5 Å². The molecule has 0 saturated carbocycles. The van der Waals surface area contributed by atoms with Crippen molar-refractivity contribution in [2.24, 2.45) is 0 Å². The maximum absolute atomic E-state index is 14.4. The number of carbonyl (C=O) groups is 1. The van der Waals surface area contributed by atoms with Gasteiger partial charge in [0.05, 0.1) is 12.2 Å².